The van der Waals surface area contributed by atoms with Crippen molar-refractivity contribution in [2.24, 2.45) is 0 Å². The number of amides is 1. The standard InChI is InChI=1S/C31H36N2O8S/c1-21-17-23(20-41-16-15-39-2)19-28(40-3)29(21)24-11-9-22(10-12-24)18-26(31(35)36)32-30(34)27-13-14-33(27)42(37,38)25-7-5-4-6-8-25/h4-12,17,19,26-27H,13-16,18,20H2,1-3H3,(H,32,34)(H,35,36)/t26-,27-/m0/s1. The summed E-state index contributed by atoms with van der Waals surface area (Å²) in [4.78, 5) is 25.1. The summed E-state index contributed by atoms with van der Waals surface area (Å²) in [5.74, 6) is -1.14. The number of hydrogen-bond donors (Lipinski definition) is 2. The third-order valence-electron chi connectivity index (χ3n) is 7.20. The quantitative estimate of drug-likeness (QED) is 0.271. The highest BCUT2D eigenvalue weighted by atomic mass is 32.2. The van der Waals surface area contributed by atoms with E-state index >= 15 is 0 Å². The molecular formula is C31H36N2O8S. The Hall–Kier alpha value is -3.77. The summed E-state index contributed by atoms with van der Waals surface area (Å²) in [6, 6.07) is 17.1. The molecule has 3 aromatic carbocycles. The Kier molecular flexibility index (Phi) is 10.3. The number of carboxylic acid groups (broad SMARTS) is 1. The molecule has 0 aromatic heterocycles. The van der Waals surface area contributed by atoms with Crippen LogP contribution in [0.25, 0.3) is 11.1 Å². The smallest absolute Gasteiger partial charge is 0.326 e. The van der Waals surface area contributed by atoms with Crippen LogP contribution >= 0.6 is 0 Å². The average Bonchev–Trinajstić information content (AvgIpc) is 2.95. The predicted octanol–water partition coefficient (Wildman–Crippen LogP) is 3.41. The molecule has 0 unspecified atom stereocenters. The SMILES string of the molecule is COCCOCc1cc(C)c(-c2ccc(C[C@H](NC(=O)[C@@H]3CCN3S(=O)(=O)c3ccccc3)C(=O)O)cc2)c(OC)c1. The Morgan fingerprint density at radius 3 is 2.33 bits per heavy atom. The van der Waals surface area contributed by atoms with E-state index in [4.69, 9.17) is 14.2 Å². The summed E-state index contributed by atoms with van der Waals surface area (Å²) in [6.45, 7) is 3.62. The summed E-state index contributed by atoms with van der Waals surface area (Å²) >= 11 is 0. The second kappa shape index (κ2) is 13.9. The number of sulfonamides is 1. The Morgan fingerprint density at radius 2 is 1.74 bits per heavy atom. The molecule has 3 aromatic rings. The van der Waals surface area contributed by atoms with Gasteiger partial charge in [-0.2, -0.15) is 4.31 Å². The molecule has 1 fully saturated rings. The van der Waals surface area contributed by atoms with Crippen molar-refractivity contribution in [1.82, 2.24) is 9.62 Å². The Morgan fingerprint density at radius 1 is 1.02 bits per heavy atom. The molecule has 1 saturated heterocycles. The fraction of sp³-hybridized carbons (Fsp3) is 0.355. The number of nitrogens with one attached hydrogen (secondary N) is 1. The molecule has 0 radical (unpaired) electrons. The first-order valence-electron chi connectivity index (χ1n) is 13.6. The van der Waals surface area contributed by atoms with Gasteiger partial charge in [-0.3, -0.25) is 4.79 Å². The molecule has 2 atom stereocenters. The zero-order chi connectivity index (χ0) is 30.3. The van der Waals surface area contributed by atoms with Gasteiger partial charge < -0.3 is 24.6 Å². The number of carboxylic acids is 1. The van der Waals surface area contributed by atoms with Crippen LogP contribution in [0.2, 0.25) is 0 Å². The van der Waals surface area contributed by atoms with Gasteiger partial charge in [0.05, 0.1) is 31.8 Å². The number of carbonyl (C=O) groups is 2. The van der Waals surface area contributed by atoms with E-state index in [0.29, 0.717) is 37.6 Å². The van der Waals surface area contributed by atoms with E-state index in [-0.39, 0.29) is 17.9 Å². The monoisotopic (exact) mass is 596 g/mol. The average molecular weight is 597 g/mol. The zero-order valence-electron chi connectivity index (χ0n) is 23.9. The number of hydrogen-bond acceptors (Lipinski definition) is 7. The van der Waals surface area contributed by atoms with Gasteiger partial charge in [-0.25, -0.2) is 13.2 Å². The summed E-state index contributed by atoms with van der Waals surface area (Å²) in [7, 11) is -0.627. The van der Waals surface area contributed by atoms with E-state index in [1.807, 2.05) is 43.3 Å². The van der Waals surface area contributed by atoms with Crippen molar-refractivity contribution in [3.05, 3.63) is 83.4 Å². The lowest BCUT2D eigenvalue weighted by atomic mass is 9.95. The lowest BCUT2D eigenvalue weighted by Crippen LogP contribution is -2.60. The van der Waals surface area contributed by atoms with Crippen LogP contribution in [-0.2, 0) is 42.1 Å². The predicted molar refractivity (Wildman–Crippen MR) is 157 cm³/mol. The van der Waals surface area contributed by atoms with E-state index < -0.39 is 34.0 Å². The van der Waals surface area contributed by atoms with Crippen LogP contribution in [0.1, 0.15) is 23.1 Å². The molecule has 1 aliphatic heterocycles. The first-order chi connectivity index (χ1) is 20.1. The zero-order valence-corrected chi connectivity index (χ0v) is 24.7. The van der Waals surface area contributed by atoms with Crippen LogP contribution in [-0.4, -0.2) is 75.8 Å². The number of rotatable bonds is 14. The molecule has 1 aliphatic rings. The number of methoxy groups -OCH3 is 2. The minimum atomic E-state index is -3.86. The second-order valence-corrected chi connectivity index (χ2v) is 12.0. The molecule has 0 bridgehead atoms. The Bertz CT molecular complexity index is 1490. The van der Waals surface area contributed by atoms with Gasteiger partial charge in [0.2, 0.25) is 15.9 Å². The number of nitrogens with zero attached hydrogens (tertiary/aromatic N) is 1. The van der Waals surface area contributed by atoms with Crippen molar-refractivity contribution >= 4 is 21.9 Å². The first-order valence-corrected chi connectivity index (χ1v) is 15.0. The molecule has 11 heteroatoms. The number of benzene rings is 3. The van der Waals surface area contributed by atoms with Crippen molar-refractivity contribution in [2.75, 3.05) is 34.0 Å². The molecule has 0 spiro atoms. The van der Waals surface area contributed by atoms with Crippen LogP contribution in [0.15, 0.2) is 71.6 Å². The molecule has 224 valence electrons. The van der Waals surface area contributed by atoms with E-state index in [1.54, 1.807) is 32.4 Å². The third-order valence-corrected chi connectivity index (χ3v) is 9.12. The summed E-state index contributed by atoms with van der Waals surface area (Å²) in [5, 5.41) is 12.4. The van der Waals surface area contributed by atoms with Gasteiger partial charge in [0.1, 0.15) is 17.8 Å². The number of ether oxygens (including phenoxy) is 3. The Balaban J connectivity index is 1.43. The normalized spacial score (nSPS) is 15.9. The van der Waals surface area contributed by atoms with Crippen LogP contribution in [0.3, 0.4) is 0 Å². The minimum absolute atomic E-state index is 0.0351. The van der Waals surface area contributed by atoms with Gasteiger partial charge >= 0.3 is 5.97 Å². The minimum Gasteiger partial charge on any atom is -0.496 e. The number of carbonyl (C=O) groups excluding carboxylic acids is 1. The molecule has 10 nitrogen and oxygen atoms in total. The first kappa shape index (κ1) is 31.2. The maximum Gasteiger partial charge on any atom is 0.326 e. The van der Waals surface area contributed by atoms with Gasteiger partial charge in [0, 0.05) is 25.6 Å². The Labute approximate surface area is 246 Å². The van der Waals surface area contributed by atoms with Gasteiger partial charge in [0.15, 0.2) is 0 Å². The highest BCUT2D eigenvalue weighted by Crippen LogP contribution is 2.35. The van der Waals surface area contributed by atoms with Crippen LogP contribution in [0, 0.1) is 6.92 Å². The largest absolute Gasteiger partial charge is 0.496 e. The van der Waals surface area contributed by atoms with Gasteiger partial charge in [-0.15, -0.1) is 0 Å². The van der Waals surface area contributed by atoms with E-state index in [1.165, 1.54) is 12.1 Å². The van der Waals surface area contributed by atoms with Crippen molar-refractivity contribution < 1.29 is 37.3 Å². The molecule has 2 N–H and O–H groups in total. The second-order valence-electron chi connectivity index (χ2n) is 10.1. The van der Waals surface area contributed by atoms with Gasteiger partial charge in [-0.05, 0) is 53.8 Å². The summed E-state index contributed by atoms with van der Waals surface area (Å²) in [6.07, 6.45) is 0.353. The number of aliphatic carboxylic acids is 1. The van der Waals surface area contributed by atoms with Crippen molar-refractivity contribution in [3.8, 4) is 16.9 Å². The molecule has 4 rings (SSSR count). The number of aryl methyl sites for hydroxylation is 1. The summed E-state index contributed by atoms with van der Waals surface area (Å²) < 4.78 is 43.3. The molecule has 1 amide bonds. The lowest BCUT2D eigenvalue weighted by Gasteiger charge is -2.38. The highest BCUT2D eigenvalue weighted by molar-refractivity contribution is 7.89. The topological polar surface area (TPSA) is 131 Å². The molecule has 0 saturated carbocycles. The van der Waals surface area contributed by atoms with E-state index in [2.05, 4.69) is 5.32 Å². The molecule has 42 heavy (non-hydrogen) atoms. The fourth-order valence-electron chi connectivity index (χ4n) is 4.93. The van der Waals surface area contributed by atoms with Crippen molar-refractivity contribution in [2.45, 2.75) is 43.4 Å². The third kappa shape index (κ3) is 7.16. The van der Waals surface area contributed by atoms with E-state index in [0.717, 1.165) is 26.6 Å². The molecular weight excluding hydrogens is 560 g/mol. The van der Waals surface area contributed by atoms with Crippen molar-refractivity contribution in [1.29, 1.82) is 0 Å². The van der Waals surface area contributed by atoms with Crippen LogP contribution in [0.5, 0.6) is 5.75 Å². The van der Waals surface area contributed by atoms with Gasteiger partial charge in [0.25, 0.3) is 0 Å². The van der Waals surface area contributed by atoms with Crippen molar-refractivity contribution in [3.63, 3.8) is 0 Å². The summed E-state index contributed by atoms with van der Waals surface area (Å²) in [5.41, 5.74) is 4.49. The van der Waals surface area contributed by atoms with Crippen LogP contribution in [0.4, 0.5) is 0 Å². The lowest BCUT2D eigenvalue weighted by molar-refractivity contribution is -0.143. The fourth-order valence-corrected chi connectivity index (χ4v) is 6.58. The highest BCUT2D eigenvalue weighted by Gasteiger charge is 2.43. The molecule has 0 aliphatic carbocycles. The van der Waals surface area contributed by atoms with Crippen LogP contribution < -0.4 is 10.1 Å². The molecule has 1 heterocycles. The maximum atomic E-state index is 13.0. The van der Waals surface area contributed by atoms with Gasteiger partial charge in [-0.1, -0.05) is 48.5 Å². The maximum absolute atomic E-state index is 13.0. The van der Waals surface area contributed by atoms with E-state index in [9.17, 15) is 23.1 Å².